The molecule has 8 heteroatoms. The largest absolute Gasteiger partial charge is 0.350 e. The third kappa shape index (κ3) is 5.94. The normalized spacial score (nSPS) is 17.3. The quantitative estimate of drug-likeness (QED) is 0.731. The van der Waals surface area contributed by atoms with E-state index in [9.17, 15) is 13.2 Å². The van der Waals surface area contributed by atoms with Crippen molar-refractivity contribution in [3.8, 4) is 0 Å². The van der Waals surface area contributed by atoms with Gasteiger partial charge in [0, 0.05) is 31.2 Å². The SMILES string of the molecule is CCN[C@H](C)CNC(=O)c1ccc(S(=O)(=O)N2CCC(C)CC2)cc1.Cl. The number of nitrogens with zero attached hydrogens (tertiary/aromatic N) is 1. The Morgan fingerprint density at radius 1 is 1.23 bits per heavy atom. The van der Waals surface area contributed by atoms with Gasteiger partial charge in [-0.15, -0.1) is 12.4 Å². The molecule has 1 aromatic rings. The molecule has 0 saturated carbocycles. The minimum atomic E-state index is -3.47. The summed E-state index contributed by atoms with van der Waals surface area (Å²) in [6.45, 7) is 8.66. The minimum absolute atomic E-state index is 0. The summed E-state index contributed by atoms with van der Waals surface area (Å²) in [5.41, 5.74) is 0.468. The fourth-order valence-electron chi connectivity index (χ4n) is 2.92. The first-order valence-corrected chi connectivity index (χ1v) is 10.4. The summed E-state index contributed by atoms with van der Waals surface area (Å²) < 4.78 is 26.9. The molecule has 148 valence electrons. The number of piperidine rings is 1. The van der Waals surface area contributed by atoms with Gasteiger partial charge in [-0.25, -0.2) is 8.42 Å². The first-order chi connectivity index (χ1) is 11.8. The number of nitrogens with one attached hydrogen (secondary N) is 2. The number of carbonyl (C=O) groups excluding carboxylic acids is 1. The van der Waals surface area contributed by atoms with Gasteiger partial charge in [0.1, 0.15) is 0 Å². The Morgan fingerprint density at radius 2 is 1.81 bits per heavy atom. The van der Waals surface area contributed by atoms with Crippen molar-refractivity contribution in [2.24, 2.45) is 5.92 Å². The van der Waals surface area contributed by atoms with Gasteiger partial charge in [0.2, 0.25) is 10.0 Å². The van der Waals surface area contributed by atoms with Gasteiger partial charge in [0.25, 0.3) is 5.91 Å². The molecule has 2 N–H and O–H groups in total. The van der Waals surface area contributed by atoms with Gasteiger partial charge in [-0.05, 0) is 56.5 Å². The van der Waals surface area contributed by atoms with Crippen molar-refractivity contribution in [2.75, 3.05) is 26.2 Å². The third-order valence-corrected chi connectivity index (χ3v) is 6.53. The Bertz CT molecular complexity index is 671. The minimum Gasteiger partial charge on any atom is -0.350 e. The second-order valence-electron chi connectivity index (χ2n) is 6.78. The highest BCUT2D eigenvalue weighted by molar-refractivity contribution is 7.89. The van der Waals surface area contributed by atoms with E-state index in [0.29, 0.717) is 31.1 Å². The van der Waals surface area contributed by atoms with E-state index in [1.165, 1.54) is 12.1 Å². The Kier molecular flexibility index (Phi) is 9.03. The van der Waals surface area contributed by atoms with Crippen LogP contribution in [0, 0.1) is 5.92 Å². The number of likely N-dealkylation sites (N-methyl/N-ethyl adjacent to an activating group) is 1. The molecule has 0 aromatic heterocycles. The van der Waals surface area contributed by atoms with E-state index < -0.39 is 10.0 Å². The van der Waals surface area contributed by atoms with Crippen LogP contribution in [0.1, 0.15) is 44.0 Å². The van der Waals surface area contributed by atoms with Crippen LogP contribution < -0.4 is 10.6 Å². The molecule has 6 nitrogen and oxygen atoms in total. The number of carbonyl (C=O) groups is 1. The molecule has 0 spiro atoms. The van der Waals surface area contributed by atoms with Gasteiger partial charge in [-0.2, -0.15) is 4.31 Å². The van der Waals surface area contributed by atoms with Crippen molar-refractivity contribution in [2.45, 2.75) is 44.6 Å². The molecular formula is C18H30ClN3O3S. The van der Waals surface area contributed by atoms with E-state index in [0.717, 1.165) is 19.4 Å². The zero-order valence-electron chi connectivity index (χ0n) is 15.7. The van der Waals surface area contributed by atoms with E-state index in [2.05, 4.69) is 17.6 Å². The van der Waals surface area contributed by atoms with E-state index in [4.69, 9.17) is 0 Å². The molecule has 26 heavy (non-hydrogen) atoms. The van der Waals surface area contributed by atoms with Crippen molar-refractivity contribution >= 4 is 28.3 Å². The van der Waals surface area contributed by atoms with Gasteiger partial charge >= 0.3 is 0 Å². The summed E-state index contributed by atoms with van der Waals surface area (Å²) in [4.78, 5) is 12.4. The van der Waals surface area contributed by atoms with E-state index in [-0.39, 0.29) is 29.3 Å². The number of benzene rings is 1. The molecule has 1 aliphatic rings. The molecule has 0 radical (unpaired) electrons. The van der Waals surface area contributed by atoms with Crippen LogP contribution in [-0.4, -0.2) is 50.9 Å². The second kappa shape index (κ2) is 10.3. The van der Waals surface area contributed by atoms with Crippen LogP contribution in [0.5, 0.6) is 0 Å². The standard InChI is InChI=1S/C18H29N3O3S.ClH/c1-4-19-15(3)13-20-18(22)16-5-7-17(8-6-16)25(23,24)21-11-9-14(2)10-12-21;/h5-8,14-15,19H,4,9-13H2,1-3H3,(H,20,22);1H/t15-;/m1./s1. The van der Waals surface area contributed by atoms with Crippen LogP contribution in [-0.2, 0) is 10.0 Å². The monoisotopic (exact) mass is 403 g/mol. The number of sulfonamides is 1. The van der Waals surface area contributed by atoms with E-state index in [1.54, 1.807) is 16.4 Å². The van der Waals surface area contributed by atoms with Crippen molar-refractivity contribution < 1.29 is 13.2 Å². The van der Waals surface area contributed by atoms with Crippen molar-refractivity contribution in [3.63, 3.8) is 0 Å². The Labute approximate surface area is 163 Å². The Balaban J connectivity index is 0.00000338. The van der Waals surface area contributed by atoms with Crippen molar-refractivity contribution in [3.05, 3.63) is 29.8 Å². The molecule has 1 saturated heterocycles. The molecule has 2 rings (SSSR count). The first kappa shape index (κ1) is 22.9. The van der Waals surface area contributed by atoms with Crippen LogP contribution in [0.25, 0.3) is 0 Å². The predicted octanol–water partition coefficient (Wildman–Crippen LogP) is 2.26. The lowest BCUT2D eigenvalue weighted by Gasteiger charge is -2.29. The highest BCUT2D eigenvalue weighted by Gasteiger charge is 2.28. The smallest absolute Gasteiger partial charge is 0.251 e. The summed E-state index contributed by atoms with van der Waals surface area (Å²) in [5, 5.41) is 6.07. The topological polar surface area (TPSA) is 78.5 Å². The number of amides is 1. The fourth-order valence-corrected chi connectivity index (χ4v) is 4.39. The summed E-state index contributed by atoms with van der Waals surface area (Å²) in [5.74, 6) is 0.377. The summed E-state index contributed by atoms with van der Waals surface area (Å²) in [6.07, 6.45) is 1.79. The number of hydrogen-bond donors (Lipinski definition) is 2. The Morgan fingerprint density at radius 3 is 2.35 bits per heavy atom. The van der Waals surface area contributed by atoms with Crippen LogP contribution in [0.15, 0.2) is 29.2 Å². The maximum Gasteiger partial charge on any atom is 0.251 e. The maximum atomic E-state index is 12.7. The Hall–Kier alpha value is -1.15. The highest BCUT2D eigenvalue weighted by atomic mass is 35.5. The molecule has 0 aliphatic carbocycles. The van der Waals surface area contributed by atoms with Crippen LogP contribution >= 0.6 is 12.4 Å². The van der Waals surface area contributed by atoms with Crippen molar-refractivity contribution in [1.82, 2.24) is 14.9 Å². The maximum absolute atomic E-state index is 12.7. The first-order valence-electron chi connectivity index (χ1n) is 8.96. The molecule has 1 aromatic carbocycles. The zero-order valence-corrected chi connectivity index (χ0v) is 17.3. The summed E-state index contributed by atoms with van der Waals surface area (Å²) in [6, 6.07) is 6.39. The summed E-state index contributed by atoms with van der Waals surface area (Å²) in [7, 11) is -3.47. The second-order valence-corrected chi connectivity index (χ2v) is 8.72. The average molecular weight is 404 g/mol. The van der Waals surface area contributed by atoms with Gasteiger partial charge < -0.3 is 10.6 Å². The van der Waals surface area contributed by atoms with Crippen LogP contribution in [0.3, 0.4) is 0 Å². The summed E-state index contributed by atoms with van der Waals surface area (Å²) >= 11 is 0. The van der Waals surface area contributed by atoms with Crippen molar-refractivity contribution in [1.29, 1.82) is 0 Å². The van der Waals surface area contributed by atoms with E-state index in [1.807, 2.05) is 13.8 Å². The lowest BCUT2D eigenvalue weighted by molar-refractivity contribution is 0.0950. The fraction of sp³-hybridized carbons (Fsp3) is 0.611. The molecule has 1 aliphatic heterocycles. The number of hydrogen-bond acceptors (Lipinski definition) is 4. The molecule has 0 unspecified atom stereocenters. The molecule has 1 amide bonds. The average Bonchev–Trinajstić information content (AvgIpc) is 2.60. The molecular weight excluding hydrogens is 374 g/mol. The van der Waals surface area contributed by atoms with Gasteiger partial charge in [-0.1, -0.05) is 13.8 Å². The van der Waals surface area contributed by atoms with Gasteiger partial charge in [-0.3, -0.25) is 4.79 Å². The molecule has 1 fully saturated rings. The molecule has 1 atom stereocenters. The predicted molar refractivity (Wildman–Crippen MR) is 106 cm³/mol. The van der Waals surface area contributed by atoms with Gasteiger partial charge in [0.15, 0.2) is 0 Å². The van der Waals surface area contributed by atoms with Crippen LogP contribution in [0.4, 0.5) is 0 Å². The van der Waals surface area contributed by atoms with E-state index >= 15 is 0 Å². The number of rotatable bonds is 7. The molecule has 0 bridgehead atoms. The highest BCUT2D eigenvalue weighted by Crippen LogP contribution is 2.23. The zero-order chi connectivity index (χ0) is 18.4. The molecule has 1 heterocycles. The van der Waals surface area contributed by atoms with Crippen LogP contribution in [0.2, 0.25) is 0 Å². The lowest BCUT2D eigenvalue weighted by Crippen LogP contribution is -2.39. The third-order valence-electron chi connectivity index (χ3n) is 4.62. The van der Waals surface area contributed by atoms with Gasteiger partial charge in [0.05, 0.1) is 4.90 Å². The lowest BCUT2D eigenvalue weighted by atomic mass is 10.0. The number of halogens is 1.